The summed E-state index contributed by atoms with van der Waals surface area (Å²) in [5, 5.41) is 0. The van der Waals surface area contributed by atoms with Crippen LogP contribution >= 0.6 is 22.6 Å². The maximum atomic E-state index is 11.7. The Morgan fingerprint density at radius 3 is 1.87 bits per heavy atom. The van der Waals surface area contributed by atoms with Gasteiger partial charge in [-0.3, -0.25) is 4.79 Å². The first-order chi connectivity index (χ1) is 11.3. The SMILES string of the molecule is O=C(OCCOCCOCCOCCI)C(=O)c1ccccc1. The van der Waals surface area contributed by atoms with Crippen LogP contribution in [0.3, 0.4) is 0 Å². The zero-order valence-corrected chi connectivity index (χ0v) is 15.0. The van der Waals surface area contributed by atoms with Gasteiger partial charge in [-0.05, 0) is 0 Å². The minimum Gasteiger partial charge on any atom is -0.457 e. The molecule has 0 spiro atoms. The van der Waals surface area contributed by atoms with E-state index in [1.54, 1.807) is 30.3 Å². The molecule has 0 N–H and O–H groups in total. The van der Waals surface area contributed by atoms with Crippen molar-refractivity contribution in [3.05, 3.63) is 35.9 Å². The number of carbonyl (C=O) groups excluding carboxylic acids is 2. The number of carbonyl (C=O) groups is 2. The average molecular weight is 436 g/mol. The second kappa shape index (κ2) is 13.4. The van der Waals surface area contributed by atoms with E-state index in [2.05, 4.69) is 22.6 Å². The molecule has 0 fully saturated rings. The molecule has 1 aromatic carbocycles. The fraction of sp³-hybridized carbons (Fsp3) is 0.500. The lowest BCUT2D eigenvalue weighted by Gasteiger charge is -2.07. The molecule has 0 saturated carbocycles. The molecular weight excluding hydrogens is 415 g/mol. The zero-order chi connectivity index (χ0) is 16.8. The topological polar surface area (TPSA) is 71.1 Å². The van der Waals surface area contributed by atoms with Crippen LogP contribution < -0.4 is 0 Å². The third-order valence-corrected chi connectivity index (χ3v) is 3.09. The van der Waals surface area contributed by atoms with Gasteiger partial charge in [0.1, 0.15) is 6.61 Å². The van der Waals surface area contributed by atoms with Crippen molar-refractivity contribution in [3.63, 3.8) is 0 Å². The molecule has 0 saturated heterocycles. The van der Waals surface area contributed by atoms with Crippen LogP contribution in [0, 0.1) is 0 Å². The Balaban J connectivity index is 1.96. The van der Waals surface area contributed by atoms with Gasteiger partial charge >= 0.3 is 5.97 Å². The van der Waals surface area contributed by atoms with Crippen molar-refractivity contribution in [2.45, 2.75) is 0 Å². The summed E-state index contributed by atoms with van der Waals surface area (Å²) in [5.74, 6) is -1.52. The van der Waals surface area contributed by atoms with E-state index in [1.165, 1.54) is 0 Å². The van der Waals surface area contributed by atoms with Crippen molar-refractivity contribution in [1.82, 2.24) is 0 Å². The van der Waals surface area contributed by atoms with Gasteiger partial charge in [0.2, 0.25) is 0 Å². The van der Waals surface area contributed by atoms with E-state index in [0.29, 0.717) is 32.0 Å². The zero-order valence-electron chi connectivity index (χ0n) is 12.9. The molecule has 1 rings (SSSR count). The van der Waals surface area contributed by atoms with E-state index in [4.69, 9.17) is 18.9 Å². The number of Topliss-reactive ketones (excluding diaryl/α,β-unsaturated/α-hetero) is 1. The van der Waals surface area contributed by atoms with Gasteiger partial charge in [0.15, 0.2) is 0 Å². The molecule has 0 atom stereocenters. The van der Waals surface area contributed by atoms with E-state index in [0.717, 1.165) is 11.0 Å². The summed E-state index contributed by atoms with van der Waals surface area (Å²) >= 11 is 2.24. The first-order valence-electron chi connectivity index (χ1n) is 7.31. The molecule has 0 heterocycles. The maximum Gasteiger partial charge on any atom is 0.379 e. The molecule has 7 heteroatoms. The van der Waals surface area contributed by atoms with Crippen LogP contribution in [0.25, 0.3) is 0 Å². The lowest BCUT2D eigenvalue weighted by atomic mass is 10.1. The van der Waals surface area contributed by atoms with Gasteiger partial charge in [-0.1, -0.05) is 52.9 Å². The van der Waals surface area contributed by atoms with Gasteiger partial charge in [0.25, 0.3) is 5.78 Å². The highest BCUT2D eigenvalue weighted by Gasteiger charge is 2.16. The van der Waals surface area contributed by atoms with Gasteiger partial charge in [-0.25, -0.2) is 4.79 Å². The fourth-order valence-corrected chi connectivity index (χ4v) is 1.87. The number of ether oxygens (including phenoxy) is 4. The predicted octanol–water partition coefficient (Wildman–Crippen LogP) is 1.90. The van der Waals surface area contributed by atoms with Crippen LogP contribution in [0.15, 0.2) is 30.3 Å². The third-order valence-electron chi connectivity index (χ3n) is 2.65. The normalized spacial score (nSPS) is 10.5. The van der Waals surface area contributed by atoms with Crippen LogP contribution in [0.5, 0.6) is 0 Å². The highest BCUT2D eigenvalue weighted by atomic mass is 127. The predicted molar refractivity (Wildman–Crippen MR) is 93.1 cm³/mol. The Bertz CT molecular complexity index is 451. The van der Waals surface area contributed by atoms with Gasteiger partial charge < -0.3 is 18.9 Å². The molecule has 1 aromatic rings. The van der Waals surface area contributed by atoms with Crippen molar-refractivity contribution in [3.8, 4) is 0 Å². The van der Waals surface area contributed by atoms with E-state index >= 15 is 0 Å². The first-order valence-corrected chi connectivity index (χ1v) is 8.84. The fourth-order valence-electron chi connectivity index (χ4n) is 1.56. The van der Waals surface area contributed by atoms with Gasteiger partial charge in [-0.2, -0.15) is 0 Å². The van der Waals surface area contributed by atoms with Crippen molar-refractivity contribution in [2.24, 2.45) is 0 Å². The van der Waals surface area contributed by atoms with Crippen LogP contribution in [-0.4, -0.2) is 62.4 Å². The molecule has 0 unspecified atom stereocenters. The van der Waals surface area contributed by atoms with Crippen molar-refractivity contribution < 1.29 is 28.5 Å². The molecule has 0 aliphatic heterocycles. The number of rotatable bonds is 13. The Morgan fingerprint density at radius 2 is 1.30 bits per heavy atom. The Hall–Kier alpha value is -1.03. The number of ketones is 1. The summed E-state index contributed by atoms with van der Waals surface area (Å²) in [4.78, 5) is 23.2. The Morgan fingerprint density at radius 1 is 0.783 bits per heavy atom. The summed E-state index contributed by atoms with van der Waals surface area (Å²) in [6.45, 7) is 2.94. The second-order valence-electron chi connectivity index (χ2n) is 4.36. The van der Waals surface area contributed by atoms with Crippen molar-refractivity contribution >= 4 is 34.3 Å². The van der Waals surface area contributed by atoms with Crippen LogP contribution in [0.2, 0.25) is 0 Å². The van der Waals surface area contributed by atoms with Crippen molar-refractivity contribution in [1.29, 1.82) is 0 Å². The molecule has 0 aromatic heterocycles. The van der Waals surface area contributed by atoms with E-state index in [9.17, 15) is 9.59 Å². The quantitative estimate of drug-likeness (QED) is 0.118. The molecule has 0 radical (unpaired) electrons. The monoisotopic (exact) mass is 436 g/mol. The maximum absolute atomic E-state index is 11.7. The van der Waals surface area contributed by atoms with E-state index < -0.39 is 11.8 Å². The standard InChI is InChI=1S/C16H21IO6/c17-6-7-20-8-9-21-10-11-22-12-13-23-16(19)15(18)14-4-2-1-3-5-14/h1-5H,6-13H2. The van der Waals surface area contributed by atoms with E-state index in [-0.39, 0.29) is 13.2 Å². The number of hydrogen-bond donors (Lipinski definition) is 0. The first kappa shape index (κ1) is 20.0. The van der Waals surface area contributed by atoms with Crippen LogP contribution in [0.1, 0.15) is 10.4 Å². The summed E-state index contributed by atoms with van der Waals surface area (Å²) < 4.78 is 21.6. The van der Waals surface area contributed by atoms with Gasteiger partial charge in [-0.15, -0.1) is 0 Å². The summed E-state index contributed by atoms with van der Waals surface area (Å²) in [6.07, 6.45) is 0. The highest BCUT2D eigenvalue weighted by Crippen LogP contribution is 2.01. The molecule has 0 aliphatic rings. The number of hydrogen-bond acceptors (Lipinski definition) is 6. The molecule has 0 bridgehead atoms. The highest BCUT2D eigenvalue weighted by molar-refractivity contribution is 14.1. The lowest BCUT2D eigenvalue weighted by Crippen LogP contribution is -2.20. The van der Waals surface area contributed by atoms with Gasteiger partial charge in [0.05, 0.1) is 39.6 Å². The number of alkyl halides is 1. The second-order valence-corrected chi connectivity index (χ2v) is 5.44. The van der Waals surface area contributed by atoms with Crippen LogP contribution in [0.4, 0.5) is 0 Å². The lowest BCUT2D eigenvalue weighted by molar-refractivity contribution is -0.139. The number of benzene rings is 1. The molecule has 0 aliphatic carbocycles. The molecule has 0 amide bonds. The Kier molecular flexibility index (Phi) is 11.7. The summed E-state index contributed by atoms with van der Waals surface area (Å²) in [5.41, 5.74) is 0.316. The largest absolute Gasteiger partial charge is 0.457 e. The minimum atomic E-state index is -0.872. The molecular formula is C16H21IO6. The molecule has 128 valence electrons. The van der Waals surface area contributed by atoms with Crippen LogP contribution in [-0.2, 0) is 23.7 Å². The summed E-state index contributed by atoms with van der Waals surface area (Å²) in [6, 6.07) is 8.29. The number of esters is 1. The van der Waals surface area contributed by atoms with E-state index in [1.807, 2.05) is 0 Å². The summed E-state index contributed by atoms with van der Waals surface area (Å²) in [7, 11) is 0. The smallest absolute Gasteiger partial charge is 0.379 e. The average Bonchev–Trinajstić information content (AvgIpc) is 2.59. The van der Waals surface area contributed by atoms with Gasteiger partial charge in [0, 0.05) is 9.99 Å². The molecule has 6 nitrogen and oxygen atoms in total. The molecule has 23 heavy (non-hydrogen) atoms. The Labute approximate surface area is 149 Å². The number of halogens is 1. The minimum absolute atomic E-state index is 0.0379. The third kappa shape index (κ3) is 9.65. The van der Waals surface area contributed by atoms with Crippen molar-refractivity contribution in [2.75, 3.05) is 50.7 Å².